The Morgan fingerprint density at radius 2 is 1.80 bits per heavy atom. The van der Waals surface area contributed by atoms with Gasteiger partial charge in [-0.2, -0.15) is 4.98 Å². The molecule has 0 saturated carbocycles. The van der Waals surface area contributed by atoms with E-state index in [9.17, 15) is 9.18 Å². The molecular formula is C23H25FN4O2. The van der Waals surface area contributed by atoms with Crippen LogP contribution in [0.1, 0.15) is 23.4 Å². The third kappa shape index (κ3) is 4.35. The summed E-state index contributed by atoms with van der Waals surface area (Å²) in [5.74, 6) is 0.596. The van der Waals surface area contributed by atoms with E-state index in [1.165, 1.54) is 28.9 Å². The first-order chi connectivity index (χ1) is 14.5. The summed E-state index contributed by atoms with van der Waals surface area (Å²) in [5.41, 5.74) is 4.51. The summed E-state index contributed by atoms with van der Waals surface area (Å²) >= 11 is 0. The smallest absolute Gasteiger partial charge is 0.227 e. The Kier molecular flexibility index (Phi) is 5.79. The summed E-state index contributed by atoms with van der Waals surface area (Å²) in [4.78, 5) is 21.2. The van der Waals surface area contributed by atoms with Crippen LogP contribution in [0.3, 0.4) is 0 Å². The maximum absolute atomic E-state index is 13.0. The maximum Gasteiger partial charge on any atom is 0.227 e. The molecule has 0 unspecified atom stereocenters. The molecule has 1 aromatic heterocycles. The van der Waals surface area contributed by atoms with Gasteiger partial charge in [0.1, 0.15) is 5.82 Å². The van der Waals surface area contributed by atoms with Crippen molar-refractivity contribution in [2.24, 2.45) is 0 Å². The summed E-state index contributed by atoms with van der Waals surface area (Å²) in [6.07, 6.45) is 0.721. The standard InChI is InChI=1S/C23H25FN4O2/c1-16-4-3-5-20(17(16)2)27-12-14-28(15-13-27)22(29)11-10-21-25-23(26-30-21)18-6-8-19(24)9-7-18/h3-9H,10-15H2,1-2H3. The van der Waals surface area contributed by atoms with Gasteiger partial charge in [-0.15, -0.1) is 0 Å². The fourth-order valence-corrected chi connectivity index (χ4v) is 3.72. The molecule has 1 amide bonds. The number of hydrogen-bond donors (Lipinski definition) is 0. The summed E-state index contributed by atoms with van der Waals surface area (Å²) in [6.45, 7) is 7.33. The van der Waals surface area contributed by atoms with Gasteiger partial charge in [-0.05, 0) is 55.3 Å². The van der Waals surface area contributed by atoms with Crippen molar-refractivity contribution in [3.63, 3.8) is 0 Å². The van der Waals surface area contributed by atoms with Gasteiger partial charge in [-0.3, -0.25) is 4.79 Å². The molecule has 1 aliphatic rings. The minimum atomic E-state index is -0.314. The van der Waals surface area contributed by atoms with Crippen molar-refractivity contribution in [2.45, 2.75) is 26.7 Å². The molecule has 2 aromatic carbocycles. The van der Waals surface area contributed by atoms with Crippen molar-refractivity contribution in [1.82, 2.24) is 15.0 Å². The Bertz CT molecular complexity index is 1020. The van der Waals surface area contributed by atoms with Gasteiger partial charge in [-0.1, -0.05) is 17.3 Å². The Morgan fingerprint density at radius 3 is 2.53 bits per heavy atom. The summed E-state index contributed by atoms with van der Waals surface area (Å²) in [5, 5.41) is 3.93. The van der Waals surface area contributed by atoms with E-state index in [1.807, 2.05) is 4.90 Å². The van der Waals surface area contributed by atoms with Gasteiger partial charge in [0, 0.05) is 50.3 Å². The lowest BCUT2D eigenvalue weighted by Crippen LogP contribution is -2.49. The minimum Gasteiger partial charge on any atom is -0.368 e. The molecule has 0 atom stereocenters. The van der Waals surface area contributed by atoms with Crippen molar-refractivity contribution >= 4 is 11.6 Å². The molecule has 0 spiro atoms. The van der Waals surface area contributed by atoms with Gasteiger partial charge in [0.25, 0.3) is 0 Å². The van der Waals surface area contributed by atoms with E-state index in [1.54, 1.807) is 12.1 Å². The van der Waals surface area contributed by atoms with Crippen molar-refractivity contribution < 1.29 is 13.7 Å². The van der Waals surface area contributed by atoms with E-state index in [-0.39, 0.29) is 11.7 Å². The number of aromatic nitrogens is 2. The van der Waals surface area contributed by atoms with E-state index in [4.69, 9.17) is 4.52 Å². The number of carbonyl (C=O) groups excluding carboxylic acids is 1. The SMILES string of the molecule is Cc1cccc(N2CCN(C(=O)CCc3nc(-c4ccc(F)cc4)no3)CC2)c1C. The van der Waals surface area contributed by atoms with E-state index in [2.05, 4.69) is 47.1 Å². The summed E-state index contributed by atoms with van der Waals surface area (Å²) in [6, 6.07) is 12.3. The fraction of sp³-hybridized carbons (Fsp3) is 0.348. The molecule has 30 heavy (non-hydrogen) atoms. The quantitative estimate of drug-likeness (QED) is 0.643. The zero-order valence-corrected chi connectivity index (χ0v) is 17.3. The summed E-state index contributed by atoms with van der Waals surface area (Å²) in [7, 11) is 0. The highest BCUT2D eigenvalue weighted by Gasteiger charge is 2.22. The molecular weight excluding hydrogens is 383 g/mol. The van der Waals surface area contributed by atoms with Crippen LogP contribution in [0, 0.1) is 19.7 Å². The molecule has 3 aromatic rings. The largest absolute Gasteiger partial charge is 0.368 e. The number of rotatable bonds is 5. The summed E-state index contributed by atoms with van der Waals surface area (Å²) < 4.78 is 18.3. The van der Waals surface area contributed by atoms with E-state index >= 15 is 0 Å². The molecule has 0 aliphatic carbocycles. The molecule has 2 heterocycles. The molecule has 6 nitrogen and oxygen atoms in total. The average molecular weight is 408 g/mol. The monoisotopic (exact) mass is 408 g/mol. The van der Waals surface area contributed by atoms with Crippen LogP contribution in [0.15, 0.2) is 47.0 Å². The molecule has 0 N–H and O–H groups in total. The third-order valence-corrected chi connectivity index (χ3v) is 5.67. The number of amides is 1. The van der Waals surface area contributed by atoms with E-state index in [0.717, 1.165) is 13.1 Å². The first-order valence-corrected chi connectivity index (χ1v) is 10.2. The fourth-order valence-electron chi connectivity index (χ4n) is 3.72. The molecule has 156 valence electrons. The van der Waals surface area contributed by atoms with Gasteiger partial charge in [0.15, 0.2) is 0 Å². The van der Waals surface area contributed by atoms with Gasteiger partial charge in [-0.25, -0.2) is 4.39 Å². The van der Waals surface area contributed by atoms with Crippen molar-refractivity contribution in [1.29, 1.82) is 0 Å². The predicted molar refractivity (Wildman–Crippen MR) is 113 cm³/mol. The second kappa shape index (κ2) is 8.65. The number of hydrogen-bond acceptors (Lipinski definition) is 5. The van der Waals surface area contributed by atoms with Gasteiger partial charge in [0.05, 0.1) is 0 Å². The van der Waals surface area contributed by atoms with E-state index < -0.39 is 0 Å². The Morgan fingerprint density at radius 1 is 1.07 bits per heavy atom. The van der Waals surface area contributed by atoms with Crippen LogP contribution >= 0.6 is 0 Å². The van der Waals surface area contributed by atoms with E-state index in [0.29, 0.717) is 43.2 Å². The number of benzene rings is 2. The van der Waals surface area contributed by atoms with Crippen LogP contribution in [0.25, 0.3) is 11.4 Å². The maximum atomic E-state index is 13.0. The highest BCUT2D eigenvalue weighted by atomic mass is 19.1. The molecule has 4 rings (SSSR count). The first kappa shape index (κ1) is 20.1. The number of carbonyl (C=O) groups is 1. The second-order valence-corrected chi connectivity index (χ2v) is 7.61. The number of aryl methyl sites for hydroxylation is 2. The predicted octanol–water partition coefficient (Wildman–Crippen LogP) is 3.77. The van der Waals surface area contributed by atoms with Crippen LogP contribution < -0.4 is 4.90 Å². The Hall–Kier alpha value is -3.22. The average Bonchev–Trinajstić information content (AvgIpc) is 3.24. The second-order valence-electron chi connectivity index (χ2n) is 7.61. The van der Waals surface area contributed by atoms with Crippen molar-refractivity contribution in [2.75, 3.05) is 31.1 Å². The Balaban J connectivity index is 1.29. The third-order valence-electron chi connectivity index (χ3n) is 5.67. The van der Waals surface area contributed by atoms with Gasteiger partial charge < -0.3 is 14.3 Å². The molecule has 7 heteroatoms. The number of piperazine rings is 1. The lowest BCUT2D eigenvalue weighted by molar-refractivity contribution is -0.131. The number of halogens is 1. The van der Waals surface area contributed by atoms with Crippen LogP contribution in [-0.4, -0.2) is 47.1 Å². The highest BCUT2D eigenvalue weighted by Crippen LogP contribution is 2.24. The molecule has 0 radical (unpaired) electrons. The zero-order valence-electron chi connectivity index (χ0n) is 17.3. The molecule has 1 fully saturated rings. The highest BCUT2D eigenvalue weighted by molar-refractivity contribution is 5.76. The van der Waals surface area contributed by atoms with Crippen LogP contribution in [0.2, 0.25) is 0 Å². The van der Waals surface area contributed by atoms with Gasteiger partial charge in [0.2, 0.25) is 17.6 Å². The topological polar surface area (TPSA) is 62.5 Å². The lowest BCUT2D eigenvalue weighted by Gasteiger charge is -2.37. The first-order valence-electron chi connectivity index (χ1n) is 10.2. The van der Waals surface area contributed by atoms with Crippen LogP contribution in [-0.2, 0) is 11.2 Å². The molecule has 1 aliphatic heterocycles. The van der Waals surface area contributed by atoms with Crippen LogP contribution in [0.5, 0.6) is 0 Å². The normalized spacial score (nSPS) is 14.2. The van der Waals surface area contributed by atoms with Crippen molar-refractivity contribution in [3.05, 3.63) is 65.3 Å². The molecule has 0 bridgehead atoms. The number of anilines is 1. The van der Waals surface area contributed by atoms with Crippen molar-refractivity contribution in [3.8, 4) is 11.4 Å². The number of nitrogens with zero attached hydrogens (tertiary/aromatic N) is 4. The lowest BCUT2D eigenvalue weighted by atomic mass is 10.1. The zero-order chi connectivity index (χ0) is 21.1. The Labute approximate surface area is 175 Å². The van der Waals surface area contributed by atoms with Gasteiger partial charge >= 0.3 is 0 Å². The minimum absolute atomic E-state index is 0.0946. The molecule has 1 saturated heterocycles. The van der Waals surface area contributed by atoms with Crippen LogP contribution in [0.4, 0.5) is 10.1 Å².